The van der Waals surface area contributed by atoms with Gasteiger partial charge in [-0.05, 0) is 31.6 Å². The third kappa shape index (κ3) is 3.76. The van der Waals surface area contributed by atoms with E-state index in [1.54, 1.807) is 0 Å². The maximum Gasteiger partial charge on any atom is 0.332 e. The van der Waals surface area contributed by atoms with E-state index < -0.39 is 12.1 Å². The van der Waals surface area contributed by atoms with Crippen LogP contribution >= 0.6 is 0 Å². The predicted octanol–water partition coefficient (Wildman–Crippen LogP) is 2.42. The monoisotopic (exact) mass is 230 g/mol. The lowest BCUT2D eigenvalue weighted by molar-refractivity contribution is -0.233. The van der Waals surface area contributed by atoms with Crippen molar-refractivity contribution in [2.45, 2.75) is 65.5 Å². The number of hydrogen-bond acceptors (Lipinski definition) is 3. The highest BCUT2D eigenvalue weighted by molar-refractivity contribution is 5.71. The Kier molecular flexibility index (Phi) is 4.33. The van der Waals surface area contributed by atoms with E-state index in [4.69, 9.17) is 14.6 Å². The first-order valence-electron chi connectivity index (χ1n) is 5.84. The largest absolute Gasteiger partial charge is 0.479 e. The second kappa shape index (κ2) is 5.15. The van der Waals surface area contributed by atoms with Gasteiger partial charge in [0.05, 0.1) is 6.10 Å². The Hall–Kier alpha value is -0.610. The molecule has 1 saturated heterocycles. The maximum absolute atomic E-state index is 10.7. The maximum atomic E-state index is 10.7. The topological polar surface area (TPSA) is 55.8 Å². The molecule has 0 aromatic carbocycles. The standard InChI is InChI=1S/C12H22O4/c1-8(11(13)14)15-10-7-5-6-9(16-10)12(2,3)4/h8-10H,5-7H2,1-4H3,(H,13,14)/t8?,9-,10-/m1/s1. The van der Waals surface area contributed by atoms with Gasteiger partial charge in [-0.3, -0.25) is 0 Å². The van der Waals surface area contributed by atoms with Gasteiger partial charge < -0.3 is 14.6 Å². The summed E-state index contributed by atoms with van der Waals surface area (Å²) in [4.78, 5) is 10.7. The van der Waals surface area contributed by atoms with Gasteiger partial charge in [-0.2, -0.15) is 0 Å². The highest BCUT2D eigenvalue weighted by atomic mass is 16.7. The summed E-state index contributed by atoms with van der Waals surface area (Å²) in [6, 6.07) is 0. The molecule has 0 radical (unpaired) electrons. The number of hydrogen-bond donors (Lipinski definition) is 1. The molecule has 0 aliphatic carbocycles. The normalized spacial score (nSPS) is 28.8. The molecule has 0 aromatic heterocycles. The van der Waals surface area contributed by atoms with E-state index in [9.17, 15) is 4.79 Å². The molecule has 1 aliphatic heterocycles. The van der Waals surface area contributed by atoms with Crippen molar-refractivity contribution in [3.05, 3.63) is 0 Å². The van der Waals surface area contributed by atoms with Crippen LogP contribution in [0.4, 0.5) is 0 Å². The molecule has 0 amide bonds. The lowest BCUT2D eigenvalue weighted by Gasteiger charge is -2.38. The molecule has 0 spiro atoms. The van der Waals surface area contributed by atoms with Crippen LogP contribution in [0.2, 0.25) is 0 Å². The smallest absolute Gasteiger partial charge is 0.332 e. The van der Waals surface area contributed by atoms with Crippen LogP contribution in [-0.2, 0) is 14.3 Å². The van der Waals surface area contributed by atoms with Gasteiger partial charge in [-0.1, -0.05) is 20.8 Å². The minimum Gasteiger partial charge on any atom is -0.479 e. The summed E-state index contributed by atoms with van der Waals surface area (Å²) in [6.07, 6.45) is 1.80. The van der Waals surface area contributed by atoms with Gasteiger partial charge >= 0.3 is 5.97 Å². The Morgan fingerprint density at radius 3 is 2.56 bits per heavy atom. The van der Waals surface area contributed by atoms with E-state index in [0.29, 0.717) is 0 Å². The van der Waals surface area contributed by atoms with Crippen LogP contribution in [0, 0.1) is 5.41 Å². The number of carboxylic acid groups (broad SMARTS) is 1. The molecule has 1 unspecified atom stereocenters. The lowest BCUT2D eigenvalue weighted by atomic mass is 9.85. The molecule has 1 heterocycles. The second-order valence-electron chi connectivity index (χ2n) is 5.47. The summed E-state index contributed by atoms with van der Waals surface area (Å²) in [6.45, 7) is 7.91. The molecule has 0 saturated carbocycles. The Labute approximate surface area is 96.9 Å². The number of rotatable bonds is 3. The Morgan fingerprint density at radius 1 is 1.44 bits per heavy atom. The Balaban J connectivity index is 2.48. The molecule has 94 valence electrons. The molecule has 1 rings (SSSR count). The minimum atomic E-state index is -0.943. The number of carbonyl (C=O) groups is 1. The summed E-state index contributed by atoms with van der Waals surface area (Å²) in [5.41, 5.74) is 0.0779. The molecule has 1 aliphatic rings. The van der Waals surface area contributed by atoms with Crippen molar-refractivity contribution in [2.75, 3.05) is 0 Å². The van der Waals surface area contributed by atoms with Crippen LogP contribution in [0.3, 0.4) is 0 Å². The van der Waals surface area contributed by atoms with Gasteiger partial charge in [-0.25, -0.2) is 4.79 Å². The van der Waals surface area contributed by atoms with Crippen LogP contribution < -0.4 is 0 Å². The predicted molar refractivity (Wildman–Crippen MR) is 60.1 cm³/mol. The van der Waals surface area contributed by atoms with Crippen LogP contribution in [-0.4, -0.2) is 29.6 Å². The van der Waals surface area contributed by atoms with Crippen molar-refractivity contribution in [1.82, 2.24) is 0 Å². The molecule has 16 heavy (non-hydrogen) atoms. The van der Waals surface area contributed by atoms with Gasteiger partial charge in [0.15, 0.2) is 12.4 Å². The minimum absolute atomic E-state index is 0.0779. The van der Waals surface area contributed by atoms with E-state index >= 15 is 0 Å². The molecule has 1 fully saturated rings. The van der Waals surface area contributed by atoms with Crippen molar-refractivity contribution in [3.8, 4) is 0 Å². The molecule has 0 aromatic rings. The van der Waals surface area contributed by atoms with E-state index in [2.05, 4.69) is 20.8 Å². The Morgan fingerprint density at radius 2 is 2.06 bits per heavy atom. The first-order chi connectivity index (χ1) is 7.30. The Bertz CT molecular complexity index is 244. The second-order valence-corrected chi connectivity index (χ2v) is 5.47. The van der Waals surface area contributed by atoms with Crippen molar-refractivity contribution >= 4 is 5.97 Å². The summed E-state index contributed by atoms with van der Waals surface area (Å²) in [5.74, 6) is -0.943. The van der Waals surface area contributed by atoms with Crippen LogP contribution in [0.1, 0.15) is 47.0 Å². The van der Waals surface area contributed by atoms with Crippen molar-refractivity contribution < 1.29 is 19.4 Å². The summed E-state index contributed by atoms with van der Waals surface area (Å²) in [5, 5.41) is 8.76. The highest BCUT2D eigenvalue weighted by Crippen LogP contribution is 2.32. The number of carboxylic acids is 1. The molecule has 4 nitrogen and oxygen atoms in total. The van der Waals surface area contributed by atoms with Crippen molar-refractivity contribution in [2.24, 2.45) is 5.41 Å². The van der Waals surface area contributed by atoms with Gasteiger partial charge in [0.2, 0.25) is 0 Å². The fourth-order valence-electron chi connectivity index (χ4n) is 1.81. The summed E-state index contributed by atoms with van der Waals surface area (Å²) < 4.78 is 11.1. The van der Waals surface area contributed by atoms with Crippen LogP contribution in [0.5, 0.6) is 0 Å². The van der Waals surface area contributed by atoms with E-state index in [1.807, 2.05) is 0 Å². The van der Waals surface area contributed by atoms with Crippen LogP contribution in [0.15, 0.2) is 0 Å². The van der Waals surface area contributed by atoms with Crippen molar-refractivity contribution in [1.29, 1.82) is 0 Å². The highest BCUT2D eigenvalue weighted by Gasteiger charge is 2.33. The first-order valence-corrected chi connectivity index (χ1v) is 5.84. The molecule has 1 N–H and O–H groups in total. The number of aliphatic carboxylic acids is 1. The quantitative estimate of drug-likeness (QED) is 0.809. The lowest BCUT2D eigenvalue weighted by Crippen LogP contribution is -2.40. The van der Waals surface area contributed by atoms with Gasteiger partial charge in [0.1, 0.15) is 0 Å². The SMILES string of the molecule is CC(O[C@H]1CCC[C@H](C(C)(C)C)O1)C(=O)O. The van der Waals surface area contributed by atoms with E-state index in [1.165, 1.54) is 6.92 Å². The fraction of sp³-hybridized carbons (Fsp3) is 0.917. The third-order valence-corrected chi connectivity index (χ3v) is 2.89. The average Bonchev–Trinajstić information content (AvgIpc) is 2.16. The molecule has 4 heteroatoms. The molecule has 3 atom stereocenters. The van der Waals surface area contributed by atoms with Gasteiger partial charge in [-0.15, -0.1) is 0 Å². The summed E-state index contributed by atoms with van der Waals surface area (Å²) in [7, 11) is 0. The molecule has 0 bridgehead atoms. The average molecular weight is 230 g/mol. The van der Waals surface area contributed by atoms with Crippen molar-refractivity contribution in [3.63, 3.8) is 0 Å². The summed E-state index contributed by atoms with van der Waals surface area (Å²) >= 11 is 0. The van der Waals surface area contributed by atoms with Crippen LogP contribution in [0.25, 0.3) is 0 Å². The molecular formula is C12H22O4. The van der Waals surface area contributed by atoms with E-state index in [0.717, 1.165) is 19.3 Å². The zero-order valence-electron chi connectivity index (χ0n) is 10.5. The fourth-order valence-corrected chi connectivity index (χ4v) is 1.81. The third-order valence-electron chi connectivity index (χ3n) is 2.89. The van der Waals surface area contributed by atoms with Gasteiger partial charge in [0.25, 0.3) is 0 Å². The first kappa shape index (κ1) is 13.5. The van der Waals surface area contributed by atoms with Gasteiger partial charge in [0, 0.05) is 0 Å². The zero-order valence-corrected chi connectivity index (χ0v) is 10.5. The molecular weight excluding hydrogens is 208 g/mol. The zero-order chi connectivity index (χ0) is 12.3. The van der Waals surface area contributed by atoms with E-state index in [-0.39, 0.29) is 17.8 Å². The number of ether oxygens (including phenoxy) is 2.